The lowest BCUT2D eigenvalue weighted by molar-refractivity contribution is -0.137. The Kier molecular flexibility index (Phi) is 6.80. The lowest BCUT2D eigenvalue weighted by Gasteiger charge is -2.16. The van der Waals surface area contributed by atoms with Gasteiger partial charge in [-0.25, -0.2) is 4.68 Å². The average molecular weight is 499 g/mol. The lowest BCUT2D eigenvalue weighted by Crippen LogP contribution is -2.16. The van der Waals surface area contributed by atoms with Crippen molar-refractivity contribution in [2.45, 2.75) is 20.0 Å². The molecule has 1 amide bonds. The molecule has 2 aromatic heterocycles. The maximum atomic E-state index is 13.3. The third kappa shape index (κ3) is 5.08. The van der Waals surface area contributed by atoms with Crippen molar-refractivity contribution in [3.05, 3.63) is 71.2 Å². The predicted octanol–water partition coefficient (Wildman–Crippen LogP) is 3.96. The number of anilines is 2. The molecule has 2 aromatic carbocycles. The van der Waals surface area contributed by atoms with Crippen LogP contribution in [0, 0.1) is 13.8 Å². The Balaban J connectivity index is 1.64. The molecule has 0 unspecified atom stereocenters. The highest BCUT2D eigenvalue weighted by atomic mass is 19.4. The van der Waals surface area contributed by atoms with Gasteiger partial charge >= 0.3 is 6.18 Å². The van der Waals surface area contributed by atoms with Crippen LogP contribution in [-0.2, 0) is 13.2 Å². The number of aryl methyl sites for hydroxylation is 2. The SMILES string of the molecule is Cc1ccc(C(=O)Nc2cc(C(F)(F)F)ccc2NCCO)cc1-n1cc(-c2cnn(C)c2C)nn1. The molecule has 0 fully saturated rings. The zero-order chi connectivity index (χ0) is 26.0. The molecule has 2 heterocycles. The average Bonchev–Trinajstić information content (AvgIpc) is 3.44. The van der Waals surface area contributed by atoms with E-state index in [2.05, 4.69) is 26.0 Å². The molecule has 0 radical (unpaired) electrons. The van der Waals surface area contributed by atoms with E-state index in [0.717, 1.165) is 29.0 Å². The Morgan fingerprint density at radius 1 is 1.11 bits per heavy atom. The minimum Gasteiger partial charge on any atom is -0.395 e. The normalized spacial score (nSPS) is 11.5. The Morgan fingerprint density at radius 3 is 2.56 bits per heavy atom. The van der Waals surface area contributed by atoms with Gasteiger partial charge in [-0.3, -0.25) is 9.48 Å². The van der Waals surface area contributed by atoms with Crippen molar-refractivity contribution in [2.75, 3.05) is 23.8 Å². The fourth-order valence-corrected chi connectivity index (χ4v) is 3.62. The number of rotatable bonds is 7. The first-order chi connectivity index (χ1) is 17.1. The Hall–Kier alpha value is -4.19. The number of nitrogens with zero attached hydrogens (tertiary/aromatic N) is 5. The standard InChI is InChI=1S/C24H24F3N7O2/c1-14-4-5-16(10-22(14)34-13-21(31-32-34)18-12-29-33(3)15(18)2)23(36)30-20-11-17(24(25,26)27)6-7-19(20)28-8-9-35/h4-7,10-13,28,35H,8-9H2,1-3H3,(H,30,36). The van der Waals surface area contributed by atoms with Gasteiger partial charge in [-0.1, -0.05) is 11.3 Å². The highest BCUT2D eigenvalue weighted by molar-refractivity contribution is 6.06. The maximum absolute atomic E-state index is 13.3. The summed E-state index contributed by atoms with van der Waals surface area (Å²) in [5.41, 5.74) is 3.26. The second-order valence-electron chi connectivity index (χ2n) is 8.18. The van der Waals surface area contributed by atoms with Crippen LogP contribution in [-0.4, -0.2) is 48.9 Å². The Bertz CT molecular complexity index is 1410. The van der Waals surface area contributed by atoms with E-state index in [-0.39, 0.29) is 30.1 Å². The molecular weight excluding hydrogens is 475 g/mol. The quantitative estimate of drug-likeness (QED) is 0.355. The van der Waals surface area contributed by atoms with Crippen molar-refractivity contribution >= 4 is 17.3 Å². The highest BCUT2D eigenvalue weighted by Crippen LogP contribution is 2.34. The van der Waals surface area contributed by atoms with Crippen LogP contribution in [0.25, 0.3) is 16.9 Å². The molecule has 0 atom stereocenters. The molecule has 188 valence electrons. The molecule has 0 spiro atoms. The molecule has 4 aromatic rings. The summed E-state index contributed by atoms with van der Waals surface area (Å²) in [6.45, 7) is 3.63. The Morgan fingerprint density at radius 2 is 1.89 bits per heavy atom. The number of aliphatic hydroxyl groups is 1. The number of alkyl halides is 3. The lowest BCUT2D eigenvalue weighted by atomic mass is 10.1. The van der Waals surface area contributed by atoms with Crippen LogP contribution in [0.4, 0.5) is 24.5 Å². The van der Waals surface area contributed by atoms with Crippen molar-refractivity contribution in [1.82, 2.24) is 24.8 Å². The predicted molar refractivity (Wildman–Crippen MR) is 128 cm³/mol. The van der Waals surface area contributed by atoms with Gasteiger partial charge in [-0.15, -0.1) is 5.10 Å². The molecule has 4 rings (SSSR count). The van der Waals surface area contributed by atoms with E-state index in [1.54, 1.807) is 35.3 Å². The van der Waals surface area contributed by atoms with Crippen molar-refractivity contribution in [2.24, 2.45) is 7.05 Å². The van der Waals surface area contributed by atoms with E-state index in [1.165, 1.54) is 10.7 Å². The highest BCUT2D eigenvalue weighted by Gasteiger charge is 2.31. The maximum Gasteiger partial charge on any atom is 0.416 e. The zero-order valence-electron chi connectivity index (χ0n) is 19.8. The topological polar surface area (TPSA) is 110 Å². The molecule has 0 saturated carbocycles. The third-order valence-corrected chi connectivity index (χ3v) is 5.75. The van der Waals surface area contributed by atoms with Gasteiger partial charge in [0.05, 0.1) is 41.6 Å². The summed E-state index contributed by atoms with van der Waals surface area (Å²) in [5, 5.41) is 27.0. The third-order valence-electron chi connectivity index (χ3n) is 5.75. The monoisotopic (exact) mass is 499 g/mol. The first-order valence-corrected chi connectivity index (χ1v) is 11.0. The van der Waals surface area contributed by atoms with Crippen LogP contribution in [0.15, 0.2) is 48.8 Å². The number of nitrogens with one attached hydrogen (secondary N) is 2. The van der Waals surface area contributed by atoms with E-state index in [0.29, 0.717) is 11.4 Å². The molecule has 9 nitrogen and oxygen atoms in total. The van der Waals surface area contributed by atoms with E-state index >= 15 is 0 Å². The number of halogens is 3. The smallest absolute Gasteiger partial charge is 0.395 e. The molecule has 12 heteroatoms. The molecule has 0 aliphatic heterocycles. The van der Waals surface area contributed by atoms with Crippen molar-refractivity contribution in [3.8, 4) is 16.9 Å². The molecule has 0 aliphatic rings. The summed E-state index contributed by atoms with van der Waals surface area (Å²) in [7, 11) is 1.82. The van der Waals surface area contributed by atoms with Gasteiger partial charge in [0.15, 0.2) is 0 Å². The molecule has 3 N–H and O–H groups in total. The fourth-order valence-electron chi connectivity index (χ4n) is 3.62. The van der Waals surface area contributed by atoms with Crippen LogP contribution in [0.1, 0.15) is 27.2 Å². The van der Waals surface area contributed by atoms with Crippen LogP contribution in [0.5, 0.6) is 0 Å². The van der Waals surface area contributed by atoms with Crippen LogP contribution in [0.3, 0.4) is 0 Å². The minimum atomic E-state index is -4.58. The van der Waals surface area contributed by atoms with Gasteiger partial charge in [0.25, 0.3) is 5.91 Å². The number of carbonyl (C=O) groups is 1. The number of aliphatic hydroxyl groups excluding tert-OH is 1. The first kappa shape index (κ1) is 24.9. The van der Waals surface area contributed by atoms with Crippen LogP contribution < -0.4 is 10.6 Å². The first-order valence-electron chi connectivity index (χ1n) is 11.0. The fraction of sp³-hybridized carbons (Fsp3) is 0.250. The second-order valence-corrected chi connectivity index (χ2v) is 8.18. The minimum absolute atomic E-state index is 0.0551. The summed E-state index contributed by atoms with van der Waals surface area (Å²) in [5.74, 6) is -0.605. The summed E-state index contributed by atoms with van der Waals surface area (Å²) < 4.78 is 43.0. The number of hydrogen-bond donors (Lipinski definition) is 3. The van der Waals surface area contributed by atoms with Gasteiger partial charge in [0.2, 0.25) is 0 Å². The van der Waals surface area contributed by atoms with E-state index in [1.807, 2.05) is 20.9 Å². The van der Waals surface area contributed by atoms with Crippen molar-refractivity contribution in [3.63, 3.8) is 0 Å². The van der Waals surface area contributed by atoms with Gasteiger partial charge in [-0.2, -0.15) is 18.3 Å². The number of hydrogen-bond acceptors (Lipinski definition) is 6. The summed E-state index contributed by atoms with van der Waals surface area (Å²) in [4.78, 5) is 13.0. The summed E-state index contributed by atoms with van der Waals surface area (Å²) >= 11 is 0. The van der Waals surface area contributed by atoms with Gasteiger partial charge < -0.3 is 15.7 Å². The van der Waals surface area contributed by atoms with Crippen molar-refractivity contribution in [1.29, 1.82) is 0 Å². The summed E-state index contributed by atoms with van der Waals surface area (Å²) in [6, 6.07) is 7.86. The number of aromatic nitrogens is 5. The second kappa shape index (κ2) is 9.82. The molecule has 0 bridgehead atoms. The van der Waals surface area contributed by atoms with Crippen LogP contribution >= 0.6 is 0 Å². The zero-order valence-corrected chi connectivity index (χ0v) is 19.8. The van der Waals surface area contributed by atoms with Gasteiger partial charge in [0, 0.05) is 30.4 Å². The molecule has 36 heavy (non-hydrogen) atoms. The van der Waals surface area contributed by atoms with Gasteiger partial charge in [-0.05, 0) is 49.7 Å². The van der Waals surface area contributed by atoms with Crippen LogP contribution in [0.2, 0.25) is 0 Å². The van der Waals surface area contributed by atoms with E-state index in [9.17, 15) is 18.0 Å². The number of carbonyl (C=O) groups excluding carboxylic acids is 1. The largest absolute Gasteiger partial charge is 0.416 e. The van der Waals surface area contributed by atoms with E-state index < -0.39 is 17.6 Å². The summed E-state index contributed by atoms with van der Waals surface area (Å²) in [6.07, 6.45) is -1.17. The van der Waals surface area contributed by atoms with Crippen molar-refractivity contribution < 1.29 is 23.1 Å². The van der Waals surface area contributed by atoms with Gasteiger partial charge in [0.1, 0.15) is 5.69 Å². The molecular formula is C24H24F3N7O2. The van der Waals surface area contributed by atoms with E-state index in [4.69, 9.17) is 5.11 Å². The number of benzene rings is 2. The molecule has 0 aliphatic carbocycles. The molecule has 0 saturated heterocycles. The number of amides is 1. The Labute approximate surface area is 204 Å².